The van der Waals surface area contributed by atoms with Crippen molar-refractivity contribution in [3.63, 3.8) is 0 Å². The van der Waals surface area contributed by atoms with Gasteiger partial charge < -0.3 is 13.9 Å². The predicted octanol–water partition coefficient (Wildman–Crippen LogP) is 2.46. The monoisotopic (exact) mass is 369 g/mol. The summed E-state index contributed by atoms with van der Waals surface area (Å²) in [5, 5.41) is 7.73. The minimum atomic E-state index is -3.87. The highest BCUT2D eigenvalue weighted by atomic mass is 32.2. The zero-order chi connectivity index (χ0) is 18.6. The molecule has 0 aliphatic heterocycles. The number of aromatic nitrogens is 2. The largest absolute Gasteiger partial charge is 0.497 e. The Kier molecular flexibility index (Phi) is 6.02. The normalized spacial score (nSPS) is 13.0. The second-order valence-corrected chi connectivity index (χ2v) is 7.66. The quantitative estimate of drug-likeness (QED) is 0.762. The molecule has 1 aromatic heterocycles. The number of sulfonamides is 1. The lowest BCUT2D eigenvalue weighted by Crippen LogP contribution is -2.30. The molecule has 138 valence electrons. The molecule has 0 aliphatic rings. The molecule has 0 aliphatic carbocycles. The van der Waals surface area contributed by atoms with Crippen molar-refractivity contribution < 1.29 is 22.3 Å². The van der Waals surface area contributed by atoms with E-state index in [0.29, 0.717) is 18.1 Å². The second-order valence-electron chi connectivity index (χ2n) is 5.98. The Morgan fingerprint density at radius 1 is 1.20 bits per heavy atom. The molecule has 1 N–H and O–H groups in total. The minimum absolute atomic E-state index is 0.0146. The van der Waals surface area contributed by atoms with E-state index in [4.69, 9.17) is 13.9 Å². The number of aryl methyl sites for hydroxylation is 1. The number of benzene rings is 1. The van der Waals surface area contributed by atoms with Crippen molar-refractivity contribution in [1.82, 2.24) is 14.9 Å². The van der Waals surface area contributed by atoms with E-state index in [-0.39, 0.29) is 22.5 Å². The molecule has 1 heterocycles. The number of hydrogen-bond donors (Lipinski definition) is 1. The van der Waals surface area contributed by atoms with E-state index in [9.17, 15) is 8.42 Å². The van der Waals surface area contributed by atoms with Gasteiger partial charge in [0.05, 0.1) is 14.2 Å². The van der Waals surface area contributed by atoms with Gasteiger partial charge in [-0.3, -0.25) is 0 Å². The summed E-state index contributed by atoms with van der Waals surface area (Å²) in [4.78, 5) is 0.0146. The molecule has 0 radical (unpaired) electrons. The van der Waals surface area contributed by atoms with Gasteiger partial charge in [-0.05, 0) is 24.5 Å². The number of nitrogens with zero attached hydrogens (tertiary/aromatic N) is 2. The summed E-state index contributed by atoms with van der Waals surface area (Å²) in [5.41, 5.74) is 0. The van der Waals surface area contributed by atoms with Crippen LogP contribution in [-0.4, -0.2) is 32.8 Å². The van der Waals surface area contributed by atoms with Crippen LogP contribution < -0.4 is 14.2 Å². The molecule has 1 unspecified atom stereocenters. The first-order chi connectivity index (χ1) is 11.8. The average molecular weight is 369 g/mol. The van der Waals surface area contributed by atoms with Crippen molar-refractivity contribution in [3.8, 4) is 11.5 Å². The van der Waals surface area contributed by atoms with Crippen molar-refractivity contribution in [3.05, 3.63) is 30.0 Å². The van der Waals surface area contributed by atoms with Crippen LogP contribution in [0.2, 0.25) is 0 Å². The van der Waals surface area contributed by atoms with Crippen LogP contribution >= 0.6 is 0 Å². The van der Waals surface area contributed by atoms with Crippen LogP contribution in [0.25, 0.3) is 0 Å². The van der Waals surface area contributed by atoms with Crippen LogP contribution in [0, 0.1) is 12.8 Å². The lowest BCUT2D eigenvalue weighted by Gasteiger charge is -2.18. The summed E-state index contributed by atoms with van der Waals surface area (Å²) in [7, 11) is -0.969. The Hall–Kier alpha value is -2.13. The minimum Gasteiger partial charge on any atom is -0.497 e. The number of nitrogens with one attached hydrogen (secondary N) is 1. The van der Waals surface area contributed by atoms with Crippen molar-refractivity contribution in [2.24, 2.45) is 5.92 Å². The summed E-state index contributed by atoms with van der Waals surface area (Å²) in [6, 6.07) is 3.89. The van der Waals surface area contributed by atoms with Crippen molar-refractivity contribution in [1.29, 1.82) is 0 Å². The van der Waals surface area contributed by atoms with E-state index in [1.54, 1.807) is 13.0 Å². The summed E-state index contributed by atoms with van der Waals surface area (Å²) in [6.45, 7) is 5.63. The molecule has 0 saturated heterocycles. The fourth-order valence-corrected chi connectivity index (χ4v) is 3.72. The zero-order valence-corrected chi connectivity index (χ0v) is 15.8. The van der Waals surface area contributed by atoms with E-state index >= 15 is 0 Å². The molecule has 0 bridgehead atoms. The van der Waals surface area contributed by atoms with E-state index < -0.39 is 16.1 Å². The molecule has 2 aromatic rings. The standard InChI is InChI=1S/C16H23N3O5S/c1-10(2)8-13(16-18-17-11(3)24-16)19-25(20,21)15-7-6-12(22-4)9-14(15)23-5/h6-7,9-10,13,19H,8H2,1-5H3. The number of methoxy groups -OCH3 is 2. The molecule has 2 rings (SSSR count). The first-order valence-corrected chi connectivity index (χ1v) is 9.29. The highest BCUT2D eigenvalue weighted by molar-refractivity contribution is 7.89. The number of rotatable bonds is 8. The zero-order valence-electron chi connectivity index (χ0n) is 14.9. The van der Waals surface area contributed by atoms with Crippen LogP contribution in [0.4, 0.5) is 0 Å². The van der Waals surface area contributed by atoms with Crippen molar-refractivity contribution in [2.75, 3.05) is 14.2 Å². The summed E-state index contributed by atoms with van der Waals surface area (Å²) in [5.74, 6) is 1.53. The van der Waals surface area contributed by atoms with Crippen LogP contribution in [0.3, 0.4) is 0 Å². The van der Waals surface area contributed by atoms with Gasteiger partial charge in [0.25, 0.3) is 0 Å². The van der Waals surface area contributed by atoms with Gasteiger partial charge >= 0.3 is 0 Å². The maximum atomic E-state index is 12.9. The molecule has 1 atom stereocenters. The molecule has 0 spiro atoms. The van der Waals surface area contributed by atoms with Crippen molar-refractivity contribution in [2.45, 2.75) is 38.1 Å². The Morgan fingerprint density at radius 2 is 1.92 bits per heavy atom. The highest BCUT2D eigenvalue weighted by Gasteiger charge is 2.28. The third kappa shape index (κ3) is 4.70. The molecule has 0 amide bonds. The Balaban J connectivity index is 2.37. The number of hydrogen-bond acceptors (Lipinski definition) is 7. The third-order valence-corrected chi connectivity index (χ3v) is 5.02. The van der Waals surface area contributed by atoms with Gasteiger partial charge in [-0.25, -0.2) is 8.42 Å². The Labute approximate surface area is 147 Å². The van der Waals surface area contributed by atoms with Gasteiger partial charge in [0.15, 0.2) is 0 Å². The van der Waals surface area contributed by atoms with Gasteiger partial charge in [-0.1, -0.05) is 13.8 Å². The van der Waals surface area contributed by atoms with Crippen LogP contribution in [0.1, 0.15) is 38.1 Å². The maximum Gasteiger partial charge on any atom is 0.244 e. The van der Waals surface area contributed by atoms with Gasteiger partial charge in [-0.2, -0.15) is 4.72 Å². The summed E-state index contributed by atoms with van der Waals surface area (Å²) in [6.07, 6.45) is 0.513. The number of ether oxygens (including phenoxy) is 2. The molecule has 0 fully saturated rings. The van der Waals surface area contributed by atoms with Crippen molar-refractivity contribution >= 4 is 10.0 Å². The van der Waals surface area contributed by atoms with Gasteiger partial charge in [0, 0.05) is 13.0 Å². The lowest BCUT2D eigenvalue weighted by atomic mass is 10.0. The first kappa shape index (κ1) is 19.2. The average Bonchev–Trinajstić information content (AvgIpc) is 2.99. The van der Waals surface area contributed by atoms with Crippen LogP contribution in [0.5, 0.6) is 11.5 Å². The van der Waals surface area contributed by atoms with E-state index in [2.05, 4.69) is 14.9 Å². The fourth-order valence-electron chi connectivity index (χ4n) is 2.37. The fraction of sp³-hybridized carbons (Fsp3) is 0.500. The second kappa shape index (κ2) is 7.83. The molecule has 0 saturated carbocycles. The molecule has 8 nitrogen and oxygen atoms in total. The molecule has 25 heavy (non-hydrogen) atoms. The molecular weight excluding hydrogens is 346 g/mol. The molecule has 9 heteroatoms. The van der Waals surface area contributed by atoms with Gasteiger partial charge in [0.1, 0.15) is 22.4 Å². The third-order valence-electron chi connectivity index (χ3n) is 3.50. The smallest absolute Gasteiger partial charge is 0.244 e. The predicted molar refractivity (Wildman–Crippen MR) is 91.1 cm³/mol. The Morgan fingerprint density at radius 3 is 2.44 bits per heavy atom. The topological polar surface area (TPSA) is 104 Å². The Bertz CT molecular complexity index is 817. The van der Waals surface area contributed by atoms with Crippen LogP contribution in [0.15, 0.2) is 27.5 Å². The molecule has 1 aromatic carbocycles. The summed E-state index contributed by atoms with van der Waals surface area (Å²) < 4.78 is 44.1. The lowest BCUT2D eigenvalue weighted by molar-refractivity contribution is 0.369. The molecular formula is C16H23N3O5S. The first-order valence-electron chi connectivity index (χ1n) is 7.81. The van der Waals surface area contributed by atoms with E-state index in [1.165, 1.54) is 26.4 Å². The van der Waals surface area contributed by atoms with E-state index in [1.807, 2.05) is 13.8 Å². The van der Waals surface area contributed by atoms with Gasteiger partial charge in [-0.15, -0.1) is 10.2 Å². The van der Waals surface area contributed by atoms with Gasteiger partial charge in [0.2, 0.25) is 21.8 Å². The highest BCUT2D eigenvalue weighted by Crippen LogP contribution is 2.30. The maximum absolute atomic E-state index is 12.9. The van der Waals surface area contributed by atoms with E-state index in [0.717, 1.165) is 0 Å². The van der Waals surface area contributed by atoms with Crippen LogP contribution in [-0.2, 0) is 10.0 Å². The SMILES string of the molecule is COc1ccc(S(=O)(=O)NC(CC(C)C)c2nnc(C)o2)c(OC)c1. The summed E-state index contributed by atoms with van der Waals surface area (Å²) >= 11 is 0.